The van der Waals surface area contributed by atoms with Gasteiger partial charge in [-0.25, -0.2) is 0 Å². The first-order valence-corrected chi connectivity index (χ1v) is 12.2. The van der Waals surface area contributed by atoms with Crippen molar-refractivity contribution >= 4 is 33.4 Å². The number of halogens is 1. The van der Waals surface area contributed by atoms with Crippen LogP contribution in [0.25, 0.3) is 38.6 Å². The monoisotopic (exact) mass is 459 g/mol. The molecule has 0 fully saturated rings. The molecule has 0 saturated carbocycles. The summed E-state index contributed by atoms with van der Waals surface area (Å²) in [5.41, 5.74) is 8.70. The number of rotatable bonds is 3. The van der Waals surface area contributed by atoms with Crippen molar-refractivity contribution in [3.05, 3.63) is 125 Å². The quantitative estimate of drug-likeness (QED) is 0.253. The third-order valence-corrected chi connectivity index (χ3v) is 7.28. The maximum absolute atomic E-state index is 6.29. The zero-order valence-corrected chi connectivity index (χ0v) is 20.1. The van der Waals surface area contributed by atoms with Gasteiger partial charge in [0.15, 0.2) is 0 Å². The molecule has 166 valence electrons. The molecular weight excluding hydrogens is 434 g/mol. The van der Waals surface area contributed by atoms with Crippen molar-refractivity contribution < 1.29 is 0 Å². The van der Waals surface area contributed by atoms with Gasteiger partial charge in [0, 0.05) is 27.4 Å². The summed E-state index contributed by atoms with van der Waals surface area (Å²) in [5, 5.41) is 3.38. The van der Waals surface area contributed by atoms with Crippen molar-refractivity contribution in [2.75, 3.05) is 0 Å². The van der Waals surface area contributed by atoms with Gasteiger partial charge in [-0.15, -0.1) is 0 Å². The minimum Gasteiger partial charge on any atom is -0.309 e. The minimum atomic E-state index is 0.320. The Morgan fingerprint density at radius 1 is 0.735 bits per heavy atom. The molecule has 0 radical (unpaired) electrons. The van der Waals surface area contributed by atoms with Crippen molar-refractivity contribution in [3.63, 3.8) is 0 Å². The predicted octanol–water partition coefficient (Wildman–Crippen LogP) is 9.17. The fraction of sp³-hybridized carbons (Fsp3) is 0.125. The molecule has 0 spiro atoms. The van der Waals surface area contributed by atoms with Crippen LogP contribution in [0.5, 0.6) is 0 Å². The lowest BCUT2D eigenvalue weighted by atomic mass is 9.84. The molecule has 6 rings (SSSR count). The Morgan fingerprint density at radius 2 is 1.50 bits per heavy atom. The van der Waals surface area contributed by atoms with Crippen LogP contribution in [0.3, 0.4) is 0 Å². The molecule has 2 unspecified atom stereocenters. The first-order chi connectivity index (χ1) is 16.6. The average Bonchev–Trinajstić information content (AvgIpc) is 3.18. The molecule has 1 nitrogen and oxygen atoms in total. The van der Waals surface area contributed by atoms with E-state index in [0.29, 0.717) is 11.8 Å². The summed E-state index contributed by atoms with van der Waals surface area (Å²) in [4.78, 5) is 0. The molecule has 1 heterocycles. The standard InChI is InChI=1S/C32H26ClN/c1-21-8-16-28-30-19-25(14-17-31(30)34(32(28)18-21)27-6-4-3-5-7-27)23-10-12-24(13-11-23)29-20-26(33)15-9-22(29)2/h3-20,22,29H,1-2H3. The highest BCUT2D eigenvalue weighted by atomic mass is 35.5. The number of aryl methyl sites for hydroxylation is 1. The maximum atomic E-state index is 6.29. The predicted molar refractivity (Wildman–Crippen MR) is 146 cm³/mol. The first kappa shape index (κ1) is 21.0. The average molecular weight is 460 g/mol. The number of nitrogens with zero attached hydrogens (tertiary/aromatic N) is 1. The molecule has 0 saturated heterocycles. The van der Waals surface area contributed by atoms with Crippen LogP contribution >= 0.6 is 11.6 Å². The lowest BCUT2D eigenvalue weighted by molar-refractivity contribution is 0.634. The van der Waals surface area contributed by atoms with Crippen molar-refractivity contribution in [3.8, 4) is 16.8 Å². The van der Waals surface area contributed by atoms with E-state index in [0.717, 1.165) is 5.03 Å². The summed E-state index contributed by atoms with van der Waals surface area (Å²) in [6.45, 7) is 4.40. The van der Waals surface area contributed by atoms with E-state index in [1.54, 1.807) is 0 Å². The first-order valence-electron chi connectivity index (χ1n) is 11.8. The summed E-state index contributed by atoms with van der Waals surface area (Å²) in [6.07, 6.45) is 6.35. The van der Waals surface area contributed by atoms with E-state index in [-0.39, 0.29) is 0 Å². The smallest absolute Gasteiger partial charge is 0.0543 e. The number of para-hydroxylation sites is 1. The summed E-state index contributed by atoms with van der Waals surface area (Å²) in [5.74, 6) is 0.762. The van der Waals surface area contributed by atoms with E-state index in [4.69, 9.17) is 11.6 Å². The van der Waals surface area contributed by atoms with E-state index in [1.807, 2.05) is 6.08 Å². The third-order valence-electron chi connectivity index (χ3n) is 7.03. The highest BCUT2D eigenvalue weighted by Crippen LogP contribution is 2.37. The minimum absolute atomic E-state index is 0.320. The van der Waals surface area contributed by atoms with Gasteiger partial charge in [0.2, 0.25) is 0 Å². The number of allylic oxidation sites excluding steroid dienone is 4. The second kappa shape index (κ2) is 8.34. The summed E-state index contributed by atoms with van der Waals surface area (Å²) in [6, 6.07) is 33.2. The lowest BCUT2D eigenvalue weighted by Gasteiger charge is -2.22. The second-order valence-corrected chi connectivity index (χ2v) is 9.78. The Balaban J connectivity index is 1.46. The highest BCUT2D eigenvalue weighted by Gasteiger charge is 2.19. The molecule has 34 heavy (non-hydrogen) atoms. The number of hydrogen-bond acceptors (Lipinski definition) is 0. The van der Waals surface area contributed by atoms with Crippen molar-refractivity contribution in [2.45, 2.75) is 19.8 Å². The van der Waals surface area contributed by atoms with Gasteiger partial charge in [0.25, 0.3) is 0 Å². The number of hydrogen-bond donors (Lipinski definition) is 0. The molecule has 0 bridgehead atoms. The van der Waals surface area contributed by atoms with E-state index in [9.17, 15) is 0 Å². The van der Waals surface area contributed by atoms with Crippen LogP contribution < -0.4 is 0 Å². The Kier molecular flexibility index (Phi) is 5.16. The Morgan fingerprint density at radius 3 is 2.29 bits per heavy atom. The van der Waals surface area contributed by atoms with Gasteiger partial charge in [-0.3, -0.25) is 0 Å². The molecule has 2 atom stereocenters. The van der Waals surface area contributed by atoms with Crippen molar-refractivity contribution in [1.82, 2.24) is 4.57 Å². The van der Waals surface area contributed by atoms with E-state index in [1.165, 1.54) is 49.7 Å². The Labute approximate surface area is 205 Å². The molecule has 1 aliphatic rings. The zero-order chi connectivity index (χ0) is 23.2. The molecular formula is C32H26ClN. The van der Waals surface area contributed by atoms with E-state index in [2.05, 4.69) is 122 Å². The van der Waals surface area contributed by atoms with Gasteiger partial charge in [-0.05, 0) is 71.5 Å². The largest absolute Gasteiger partial charge is 0.309 e. The van der Waals surface area contributed by atoms with Crippen LogP contribution in [0.2, 0.25) is 0 Å². The molecule has 0 aliphatic heterocycles. The SMILES string of the molecule is Cc1ccc2c3cc(-c4ccc(C5C=C(Cl)C=CC5C)cc4)ccc3n(-c3ccccc3)c2c1. The third kappa shape index (κ3) is 3.57. The van der Waals surface area contributed by atoms with Crippen LogP contribution in [0.1, 0.15) is 24.0 Å². The summed E-state index contributed by atoms with van der Waals surface area (Å²) >= 11 is 6.29. The normalized spacial score (nSPS) is 17.9. The zero-order valence-electron chi connectivity index (χ0n) is 19.4. The molecule has 1 aromatic heterocycles. The highest BCUT2D eigenvalue weighted by molar-refractivity contribution is 6.31. The topological polar surface area (TPSA) is 4.93 Å². The molecule has 0 amide bonds. The van der Waals surface area contributed by atoms with Crippen LogP contribution in [0, 0.1) is 12.8 Å². The van der Waals surface area contributed by atoms with E-state index < -0.39 is 0 Å². The van der Waals surface area contributed by atoms with Crippen molar-refractivity contribution in [1.29, 1.82) is 0 Å². The fourth-order valence-corrected chi connectivity index (χ4v) is 5.41. The Bertz CT molecular complexity index is 1570. The second-order valence-electron chi connectivity index (χ2n) is 9.34. The van der Waals surface area contributed by atoms with Gasteiger partial charge in [0.05, 0.1) is 11.0 Å². The number of aromatic nitrogens is 1. The van der Waals surface area contributed by atoms with Gasteiger partial charge >= 0.3 is 0 Å². The summed E-state index contributed by atoms with van der Waals surface area (Å²) in [7, 11) is 0. The molecule has 1 aliphatic carbocycles. The van der Waals surface area contributed by atoms with Crippen LogP contribution in [-0.2, 0) is 0 Å². The maximum Gasteiger partial charge on any atom is 0.0543 e. The van der Waals surface area contributed by atoms with Gasteiger partial charge in [-0.2, -0.15) is 0 Å². The van der Waals surface area contributed by atoms with Gasteiger partial charge in [-0.1, -0.05) is 91.3 Å². The van der Waals surface area contributed by atoms with Crippen LogP contribution in [0.15, 0.2) is 114 Å². The fourth-order valence-electron chi connectivity index (χ4n) is 5.21. The lowest BCUT2D eigenvalue weighted by Crippen LogP contribution is -2.08. The number of fused-ring (bicyclic) bond motifs is 3. The van der Waals surface area contributed by atoms with Gasteiger partial charge in [0.1, 0.15) is 0 Å². The van der Waals surface area contributed by atoms with Crippen LogP contribution in [-0.4, -0.2) is 4.57 Å². The van der Waals surface area contributed by atoms with E-state index >= 15 is 0 Å². The molecule has 2 heteroatoms. The molecule has 0 N–H and O–H groups in total. The van der Waals surface area contributed by atoms with Crippen LogP contribution in [0.4, 0.5) is 0 Å². The van der Waals surface area contributed by atoms with Crippen molar-refractivity contribution in [2.24, 2.45) is 5.92 Å². The van der Waals surface area contributed by atoms with Gasteiger partial charge < -0.3 is 4.57 Å². The molecule has 4 aromatic carbocycles. The molecule has 5 aromatic rings. The Hall–Kier alpha value is -3.55. The number of benzene rings is 4. The summed E-state index contributed by atoms with van der Waals surface area (Å²) < 4.78 is 2.37.